The van der Waals surface area contributed by atoms with Crippen LogP contribution in [0.2, 0.25) is 5.02 Å². The minimum atomic E-state index is -0.401. The highest BCUT2D eigenvalue weighted by molar-refractivity contribution is 6.30. The Bertz CT molecular complexity index is 991. The van der Waals surface area contributed by atoms with Crippen molar-refractivity contribution < 1.29 is 13.7 Å². The van der Waals surface area contributed by atoms with E-state index in [9.17, 15) is 4.39 Å². The minimum absolute atomic E-state index is 0.215. The Labute approximate surface area is 173 Å². The van der Waals surface area contributed by atoms with Gasteiger partial charge in [0, 0.05) is 31.2 Å². The van der Waals surface area contributed by atoms with Crippen LogP contribution in [-0.4, -0.2) is 42.2 Å². The third-order valence-electron chi connectivity index (χ3n) is 4.18. The Morgan fingerprint density at radius 1 is 1.28 bits per heavy atom. The number of nitrogens with one attached hydrogen (secondary N) is 1. The average molecular weight is 418 g/mol. The van der Waals surface area contributed by atoms with Crippen molar-refractivity contribution in [1.29, 1.82) is 0 Å². The van der Waals surface area contributed by atoms with Crippen LogP contribution in [0.3, 0.4) is 0 Å². The second-order valence-corrected chi connectivity index (χ2v) is 6.68. The molecule has 0 saturated heterocycles. The highest BCUT2D eigenvalue weighted by atomic mass is 35.5. The number of hydrogen-bond donors (Lipinski definition) is 1. The highest BCUT2D eigenvalue weighted by Gasteiger charge is 2.12. The van der Waals surface area contributed by atoms with Crippen molar-refractivity contribution in [2.45, 2.75) is 13.1 Å². The van der Waals surface area contributed by atoms with E-state index < -0.39 is 5.82 Å². The van der Waals surface area contributed by atoms with Crippen molar-refractivity contribution in [3.05, 3.63) is 64.8 Å². The molecule has 1 aromatic heterocycles. The molecule has 29 heavy (non-hydrogen) atoms. The summed E-state index contributed by atoms with van der Waals surface area (Å²) in [7, 11) is 4.96. The van der Waals surface area contributed by atoms with Crippen molar-refractivity contribution in [3.8, 4) is 17.1 Å². The van der Waals surface area contributed by atoms with Crippen molar-refractivity contribution >= 4 is 17.6 Å². The highest BCUT2D eigenvalue weighted by Crippen LogP contribution is 2.19. The topological polar surface area (TPSA) is 75.8 Å². The van der Waals surface area contributed by atoms with Gasteiger partial charge in [0.25, 0.3) is 0 Å². The molecule has 0 aliphatic heterocycles. The lowest BCUT2D eigenvalue weighted by Gasteiger charge is -2.21. The van der Waals surface area contributed by atoms with Crippen LogP contribution in [0.4, 0.5) is 4.39 Å². The van der Waals surface area contributed by atoms with Crippen LogP contribution < -0.4 is 10.1 Å². The average Bonchev–Trinajstić information content (AvgIpc) is 3.18. The number of benzene rings is 2. The first kappa shape index (κ1) is 20.6. The molecule has 0 aliphatic rings. The summed E-state index contributed by atoms with van der Waals surface area (Å²) in [5.74, 6) is 1.32. The fraction of sp³-hybridized carbons (Fsp3) is 0.250. The van der Waals surface area contributed by atoms with Gasteiger partial charge in [-0.25, -0.2) is 4.39 Å². The largest absolute Gasteiger partial charge is 0.494 e. The lowest BCUT2D eigenvalue weighted by molar-refractivity contribution is 0.371. The van der Waals surface area contributed by atoms with E-state index in [-0.39, 0.29) is 5.75 Å². The molecular formula is C20H21ClFN5O2. The molecule has 7 nitrogen and oxygen atoms in total. The summed E-state index contributed by atoms with van der Waals surface area (Å²) in [5.41, 5.74) is 1.60. The van der Waals surface area contributed by atoms with Crippen LogP contribution in [0.15, 0.2) is 52.0 Å². The molecule has 0 atom stereocenters. The molecule has 3 rings (SSSR count). The minimum Gasteiger partial charge on any atom is -0.494 e. The van der Waals surface area contributed by atoms with E-state index in [2.05, 4.69) is 20.4 Å². The maximum absolute atomic E-state index is 13.9. The first-order valence-electron chi connectivity index (χ1n) is 8.83. The number of guanidine groups is 1. The van der Waals surface area contributed by atoms with Gasteiger partial charge in [-0.05, 0) is 42.0 Å². The van der Waals surface area contributed by atoms with Gasteiger partial charge in [-0.3, -0.25) is 4.99 Å². The quantitative estimate of drug-likeness (QED) is 0.486. The molecule has 0 amide bonds. The van der Waals surface area contributed by atoms with Crippen LogP contribution >= 0.6 is 11.6 Å². The van der Waals surface area contributed by atoms with E-state index in [0.717, 1.165) is 11.1 Å². The molecule has 0 bridgehead atoms. The third-order valence-corrected chi connectivity index (χ3v) is 4.43. The number of rotatable bonds is 6. The fourth-order valence-electron chi connectivity index (χ4n) is 2.74. The molecule has 3 aromatic rings. The van der Waals surface area contributed by atoms with E-state index in [1.165, 1.54) is 13.2 Å². The van der Waals surface area contributed by atoms with E-state index in [4.69, 9.17) is 20.9 Å². The molecule has 0 unspecified atom stereocenters. The summed E-state index contributed by atoms with van der Waals surface area (Å²) in [6, 6.07) is 12.0. The van der Waals surface area contributed by atoms with Crippen molar-refractivity contribution in [2.24, 2.45) is 4.99 Å². The fourth-order valence-corrected chi connectivity index (χ4v) is 2.87. The molecule has 0 aliphatic carbocycles. The maximum atomic E-state index is 13.9. The summed E-state index contributed by atoms with van der Waals surface area (Å²) >= 11 is 5.90. The summed E-state index contributed by atoms with van der Waals surface area (Å²) in [6.07, 6.45) is 0. The van der Waals surface area contributed by atoms with E-state index >= 15 is 0 Å². The monoisotopic (exact) mass is 417 g/mol. The second-order valence-electron chi connectivity index (χ2n) is 6.24. The Balaban J connectivity index is 1.60. The van der Waals surface area contributed by atoms with Gasteiger partial charge in [0.15, 0.2) is 17.5 Å². The van der Waals surface area contributed by atoms with Crippen LogP contribution in [0.5, 0.6) is 5.75 Å². The van der Waals surface area contributed by atoms with Crippen LogP contribution in [0, 0.1) is 5.82 Å². The van der Waals surface area contributed by atoms with Gasteiger partial charge in [0.2, 0.25) is 11.7 Å². The summed E-state index contributed by atoms with van der Waals surface area (Å²) in [4.78, 5) is 10.5. The Hall–Kier alpha value is -3.13. The number of ether oxygens (including phenoxy) is 1. The Morgan fingerprint density at radius 3 is 2.69 bits per heavy atom. The molecule has 0 radical (unpaired) electrons. The number of aliphatic imine (C=N–C) groups is 1. The third kappa shape index (κ3) is 5.23. The summed E-state index contributed by atoms with van der Waals surface area (Å²) in [5, 5.41) is 7.78. The van der Waals surface area contributed by atoms with Gasteiger partial charge in [0.1, 0.15) is 0 Å². The Kier molecular flexibility index (Phi) is 6.66. The number of methoxy groups -OCH3 is 1. The predicted octanol–water partition coefficient (Wildman–Crippen LogP) is 3.75. The second kappa shape index (κ2) is 9.38. The SMILES string of the molecule is CN=C(NCc1nc(-c2ccc(Cl)cc2)no1)N(C)Cc1ccc(OC)c(F)c1. The first-order valence-corrected chi connectivity index (χ1v) is 9.20. The van der Waals surface area contributed by atoms with Gasteiger partial charge in [0.05, 0.1) is 13.7 Å². The maximum Gasteiger partial charge on any atom is 0.246 e. The van der Waals surface area contributed by atoms with Gasteiger partial charge < -0.3 is 19.5 Å². The molecule has 152 valence electrons. The summed E-state index contributed by atoms with van der Waals surface area (Å²) in [6.45, 7) is 0.759. The van der Waals surface area contributed by atoms with E-state index in [0.29, 0.717) is 35.8 Å². The van der Waals surface area contributed by atoms with Gasteiger partial charge >= 0.3 is 0 Å². The van der Waals surface area contributed by atoms with Gasteiger partial charge in [-0.2, -0.15) is 4.98 Å². The molecule has 2 aromatic carbocycles. The van der Waals surface area contributed by atoms with Crippen molar-refractivity contribution in [3.63, 3.8) is 0 Å². The first-order chi connectivity index (χ1) is 14.0. The number of halogens is 2. The lowest BCUT2D eigenvalue weighted by Crippen LogP contribution is -2.38. The smallest absolute Gasteiger partial charge is 0.246 e. The number of hydrogen-bond acceptors (Lipinski definition) is 5. The molecule has 1 N–H and O–H groups in total. The zero-order valence-electron chi connectivity index (χ0n) is 16.3. The normalized spacial score (nSPS) is 11.4. The molecule has 0 fully saturated rings. The van der Waals surface area contributed by atoms with Gasteiger partial charge in [-0.15, -0.1) is 0 Å². The molecular weight excluding hydrogens is 397 g/mol. The Morgan fingerprint density at radius 2 is 2.03 bits per heavy atom. The summed E-state index contributed by atoms with van der Waals surface area (Å²) < 4.78 is 24.1. The zero-order chi connectivity index (χ0) is 20.8. The van der Waals surface area contributed by atoms with Gasteiger partial charge in [-0.1, -0.05) is 22.8 Å². The number of aromatic nitrogens is 2. The van der Waals surface area contributed by atoms with Crippen LogP contribution in [-0.2, 0) is 13.1 Å². The van der Waals surface area contributed by atoms with Crippen LogP contribution in [0.25, 0.3) is 11.4 Å². The molecule has 0 saturated carbocycles. The lowest BCUT2D eigenvalue weighted by atomic mass is 10.2. The predicted molar refractivity (Wildman–Crippen MR) is 109 cm³/mol. The van der Waals surface area contributed by atoms with E-state index in [1.807, 2.05) is 30.1 Å². The molecule has 1 heterocycles. The molecule has 9 heteroatoms. The zero-order valence-corrected chi connectivity index (χ0v) is 17.1. The number of nitrogens with zero attached hydrogens (tertiary/aromatic N) is 4. The van der Waals surface area contributed by atoms with Crippen molar-refractivity contribution in [1.82, 2.24) is 20.4 Å². The van der Waals surface area contributed by atoms with Crippen molar-refractivity contribution in [2.75, 3.05) is 21.2 Å². The standard InChI is InChI=1S/C20H21ClFN5O2/c1-23-20(27(2)12-13-4-9-17(28-3)16(22)10-13)24-11-18-25-19(26-29-18)14-5-7-15(21)8-6-14/h4-10H,11-12H2,1-3H3,(H,23,24). The van der Waals surface area contributed by atoms with E-state index in [1.54, 1.807) is 25.2 Å². The van der Waals surface area contributed by atoms with Crippen LogP contribution in [0.1, 0.15) is 11.5 Å². The molecule has 0 spiro atoms.